The summed E-state index contributed by atoms with van der Waals surface area (Å²) in [6, 6.07) is 10.3. The molecule has 0 fully saturated rings. The largest absolute Gasteiger partial charge is 0.318 e. The van der Waals surface area contributed by atoms with Gasteiger partial charge in [-0.05, 0) is 55.0 Å². The molecule has 0 aliphatic rings. The van der Waals surface area contributed by atoms with E-state index in [0.29, 0.717) is 5.69 Å². The number of benzene rings is 2. The molecule has 24 heavy (non-hydrogen) atoms. The van der Waals surface area contributed by atoms with Crippen LogP contribution >= 0.6 is 15.9 Å². The lowest BCUT2D eigenvalue weighted by molar-refractivity contribution is -0.132. The SMILES string of the molecule is Cc1cc(NC(=O)C(=O)Nc2ccc(S(N)(=O)=O)cc2)ccc1Br. The Morgan fingerprint density at radius 3 is 1.96 bits per heavy atom. The summed E-state index contributed by atoms with van der Waals surface area (Å²) < 4.78 is 23.2. The number of amides is 2. The maximum Gasteiger partial charge on any atom is 0.314 e. The van der Waals surface area contributed by atoms with Gasteiger partial charge in [-0.15, -0.1) is 0 Å². The number of carbonyl (C=O) groups excluding carboxylic acids is 2. The van der Waals surface area contributed by atoms with Crippen LogP contribution in [-0.2, 0) is 19.6 Å². The summed E-state index contributed by atoms with van der Waals surface area (Å²) in [5, 5.41) is 9.83. The van der Waals surface area contributed by atoms with Crippen molar-refractivity contribution in [1.82, 2.24) is 0 Å². The van der Waals surface area contributed by atoms with Crippen LogP contribution in [0.2, 0.25) is 0 Å². The van der Waals surface area contributed by atoms with Gasteiger partial charge in [0.25, 0.3) is 0 Å². The van der Waals surface area contributed by atoms with Crippen LogP contribution in [0.4, 0.5) is 11.4 Å². The minimum absolute atomic E-state index is 0.0877. The Balaban J connectivity index is 2.03. The number of hydrogen-bond donors (Lipinski definition) is 3. The number of primary sulfonamides is 1. The van der Waals surface area contributed by atoms with E-state index in [1.165, 1.54) is 24.3 Å². The summed E-state index contributed by atoms with van der Waals surface area (Å²) in [7, 11) is -3.81. The third-order valence-electron chi connectivity index (χ3n) is 3.06. The van der Waals surface area contributed by atoms with Crippen LogP contribution in [0.5, 0.6) is 0 Å². The van der Waals surface area contributed by atoms with Crippen LogP contribution in [0.1, 0.15) is 5.56 Å². The number of carbonyl (C=O) groups is 2. The van der Waals surface area contributed by atoms with Gasteiger partial charge in [-0.2, -0.15) is 0 Å². The van der Waals surface area contributed by atoms with E-state index in [2.05, 4.69) is 26.6 Å². The second-order valence-corrected chi connectivity index (χ2v) is 7.36. The van der Waals surface area contributed by atoms with Gasteiger partial charge >= 0.3 is 11.8 Å². The van der Waals surface area contributed by atoms with Gasteiger partial charge in [0.15, 0.2) is 0 Å². The van der Waals surface area contributed by atoms with Gasteiger partial charge in [0.2, 0.25) is 10.0 Å². The molecule has 126 valence electrons. The average molecular weight is 412 g/mol. The first-order valence-electron chi connectivity index (χ1n) is 6.68. The lowest BCUT2D eigenvalue weighted by atomic mass is 10.2. The minimum atomic E-state index is -3.81. The molecule has 0 atom stereocenters. The maximum atomic E-state index is 11.9. The topological polar surface area (TPSA) is 118 Å². The maximum absolute atomic E-state index is 11.9. The van der Waals surface area contributed by atoms with Crippen molar-refractivity contribution in [2.45, 2.75) is 11.8 Å². The lowest BCUT2D eigenvalue weighted by Crippen LogP contribution is -2.29. The highest BCUT2D eigenvalue weighted by Gasteiger charge is 2.15. The number of rotatable bonds is 3. The van der Waals surface area contributed by atoms with Crippen molar-refractivity contribution in [2.75, 3.05) is 10.6 Å². The molecule has 0 unspecified atom stereocenters. The first-order valence-corrected chi connectivity index (χ1v) is 9.02. The normalized spacial score (nSPS) is 11.0. The first kappa shape index (κ1) is 18.1. The number of hydrogen-bond acceptors (Lipinski definition) is 4. The Hall–Kier alpha value is -2.23. The van der Waals surface area contributed by atoms with E-state index >= 15 is 0 Å². The molecule has 0 bridgehead atoms. The van der Waals surface area contributed by atoms with E-state index in [1.54, 1.807) is 18.2 Å². The third kappa shape index (κ3) is 4.63. The highest BCUT2D eigenvalue weighted by Crippen LogP contribution is 2.20. The molecule has 0 aromatic heterocycles. The molecule has 4 N–H and O–H groups in total. The second kappa shape index (κ2) is 7.12. The van der Waals surface area contributed by atoms with Crippen LogP contribution in [0, 0.1) is 6.92 Å². The molecular weight excluding hydrogens is 398 g/mol. The van der Waals surface area contributed by atoms with Crippen LogP contribution < -0.4 is 15.8 Å². The van der Waals surface area contributed by atoms with Crippen molar-refractivity contribution in [3.8, 4) is 0 Å². The summed E-state index contributed by atoms with van der Waals surface area (Å²) in [6.45, 7) is 1.85. The summed E-state index contributed by atoms with van der Waals surface area (Å²) in [5.74, 6) is -1.72. The predicted molar refractivity (Wildman–Crippen MR) is 94.0 cm³/mol. The highest BCUT2D eigenvalue weighted by molar-refractivity contribution is 9.10. The van der Waals surface area contributed by atoms with Gasteiger partial charge in [0.1, 0.15) is 0 Å². The molecule has 9 heteroatoms. The van der Waals surface area contributed by atoms with E-state index in [-0.39, 0.29) is 10.6 Å². The van der Waals surface area contributed by atoms with Crippen LogP contribution in [0.3, 0.4) is 0 Å². The zero-order valence-corrected chi connectivity index (χ0v) is 14.9. The average Bonchev–Trinajstić information content (AvgIpc) is 2.50. The predicted octanol–water partition coefficient (Wildman–Crippen LogP) is 1.98. The quantitative estimate of drug-likeness (QED) is 0.668. The number of nitrogens with one attached hydrogen (secondary N) is 2. The molecular formula is C15H14BrN3O4S. The molecule has 0 aliphatic heterocycles. The first-order chi connectivity index (χ1) is 11.2. The van der Waals surface area contributed by atoms with Gasteiger partial charge in [0.05, 0.1) is 4.90 Å². The van der Waals surface area contributed by atoms with Crippen LogP contribution in [0.25, 0.3) is 0 Å². The standard InChI is InChI=1S/C15H14BrN3O4S/c1-9-8-11(4-7-13(9)16)19-15(21)14(20)18-10-2-5-12(6-3-10)24(17,22)23/h2-8H,1H3,(H,18,20)(H,19,21)(H2,17,22,23). The molecule has 0 heterocycles. The summed E-state index contributed by atoms with van der Waals surface area (Å²) in [6.07, 6.45) is 0. The van der Waals surface area contributed by atoms with Gasteiger partial charge in [0, 0.05) is 15.8 Å². The van der Waals surface area contributed by atoms with Gasteiger partial charge in [-0.3, -0.25) is 9.59 Å². The molecule has 0 spiro atoms. The van der Waals surface area contributed by atoms with E-state index in [1.807, 2.05) is 6.92 Å². The Morgan fingerprint density at radius 2 is 1.46 bits per heavy atom. The van der Waals surface area contributed by atoms with Crippen molar-refractivity contribution in [2.24, 2.45) is 5.14 Å². The number of halogens is 1. The van der Waals surface area contributed by atoms with E-state index in [4.69, 9.17) is 5.14 Å². The number of sulfonamides is 1. The number of anilines is 2. The molecule has 2 aromatic carbocycles. The summed E-state index contributed by atoms with van der Waals surface area (Å²) in [4.78, 5) is 23.7. The van der Waals surface area contributed by atoms with Crippen molar-refractivity contribution < 1.29 is 18.0 Å². The van der Waals surface area contributed by atoms with Crippen LogP contribution in [-0.4, -0.2) is 20.2 Å². The fourth-order valence-electron chi connectivity index (χ4n) is 1.83. The van der Waals surface area contributed by atoms with Gasteiger partial charge in [-0.1, -0.05) is 15.9 Å². The minimum Gasteiger partial charge on any atom is -0.318 e. The van der Waals surface area contributed by atoms with Crippen molar-refractivity contribution in [3.05, 3.63) is 52.5 Å². The molecule has 0 saturated heterocycles. The van der Waals surface area contributed by atoms with E-state index in [9.17, 15) is 18.0 Å². The molecule has 0 radical (unpaired) electrons. The molecule has 2 aromatic rings. The monoisotopic (exact) mass is 411 g/mol. The smallest absolute Gasteiger partial charge is 0.314 e. The van der Waals surface area contributed by atoms with Crippen molar-refractivity contribution >= 4 is 49.1 Å². The molecule has 0 saturated carbocycles. The highest BCUT2D eigenvalue weighted by atomic mass is 79.9. The summed E-state index contributed by atoms with van der Waals surface area (Å²) >= 11 is 3.34. The third-order valence-corrected chi connectivity index (χ3v) is 4.88. The van der Waals surface area contributed by atoms with Gasteiger partial charge < -0.3 is 10.6 Å². The molecule has 0 aliphatic carbocycles. The van der Waals surface area contributed by atoms with Crippen LogP contribution in [0.15, 0.2) is 51.8 Å². The fraction of sp³-hybridized carbons (Fsp3) is 0.0667. The van der Waals surface area contributed by atoms with Crippen molar-refractivity contribution in [1.29, 1.82) is 0 Å². The Bertz CT molecular complexity index is 895. The summed E-state index contributed by atoms with van der Waals surface area (Å²) in [5.41, 5.74) is 1.67. The zero-order chi connectivity index (χ0) is 17.9. The number of nitrogens with two attached hydrogens (primary N) is 1. The Kier molecular flexibility index (Phi) is 5.37. The zero-order valence-electron chi connectivity index (χ0n) is 12.5. The lowest BCUT2D eigenvalue weighted by Gasteiger charge is -2.08. The van der Waals surface area contributed by atoms with E-state index < -0.39 is 21.8 Å². The Labute approximate surface area is 147 Å². The van der Waals surface area contributed by atoms with E-state index in [0.717, 1.165) is 10.0 Å². The molecule has 2 rings (SSSR count). The van der Waals surface area contributed by atoms with Crippen molar-refractivity contribution in [3.63, 3.8) is 0 Å². The molecule has 7 nitrogen and oxygen atoms in total. The van der Waals surface area contributed by atoms with Gasteiger partial charge in [-0.25, -0.2) is 13.6 Å². The fourth-order valence-corrected chi connectivity index (χ4v) is 2.59. The second-order valence-electron chi connectivity index (χ2n) is 4.94. The Morgan fingerprint density at radius 1 is 0.958 bits per heavy atom. The number of aryl methyl sites for hydroxylation is 1. The molecule has 2 amide bonds.